The zero-order valence-corrected chi connectivity index (χ0v) is 19.2. The van der Waals surface area contributed by atoms with Crippen molar-refractivity contribution >= 4 is 40.3 Å². The maximum Gasteiger partial charge on any atom is 0.316 e. The third-order valence-electron chi connectivity index (χ3n) is 5.20. The van der Waals surface area contributed by atoms with E-state index in [1.165, 1.54) is 19.2 Å². The smallest absolute Gasteiger partial charge is 0.316 e. The van der Waals surface area contributed by atoms with E-state index in [-0.39, 0.29) is 17.3 Å². The summed E-state index contributed by atoms with van der Waals surface area (Å²) >= 11 is 4.88. The fraction of sp³-hybridized carbons (Fsp3) is 0.273. The fourth-order valence-electron chi connectivity index (χ4n) is 3.48. The van der Waals surface area contributed by atoms with Gasteiger partial charge in [0, 0.05) is 12.1 Å². The van der Waals surface area contributed by atoms with Crippen LogP contribution in [0.25, 0.3) is 0 Å². The van der Waals surface area contributed by atoms with Crippen molar-refractivity contribution in [2.24, 2.45) is 0 Å². The van der Waals surface area contributed by atoms with Crippen molar-refractivity contribution in [1.29, 1.82) is 0 Å². The van der Waals surface area contributed by atoms with E-state index in [1.54, 1.807) is 16.8 Å². The Bertz CT molecular complexity index is 1210. The molecule has 1 atom stereocenters. The Kier molecular flexibility index (Phi) is 6.59. The maximum atomic E-state index is 13.6. The van der Waals surface area contributed by atoms with Crippen LogP contribution in [-0.2, 0) is 17.9 Å². The molecule has 1 fully saturated rings. The molecule has 0 aliphatic carbocycles. The van der Waals surface area contributed by atoms with E-state index in [1.807, 2.05) is 29.4 Å². The van der Waals surface area contributed by atoms with Crippen LogP contribution in [0, 0.1) is 12.7 Å². The van der Waals surface area contributed by atoms with E-state index in [4.69, 9.17) is 16.3 Å². The van der Waals surface area contributed by atoms with Gasteiger partial charge in [-0.25, -0.2) is 4.39 Å². The molecule has 1 aliphatic heterocycles. The summed E-state index contributed by atoms with van der Waals surface area (Å²) in [5, 5.41) is 3.24. The van der Waals surface area contributed by atoms with Crippen LogP contribution in [0.5, 0.6) is 5.75 Å². The van der Waals surface area contributed by atoms with Gasteiger partial charge < -0.3 is 19.2 Å². The molecule has 2 aromatic carbocycles. The molecule has 4 rings (SSSR count). The summed E-state index contributed by atoms with van der Waals surface area (Å²) in [5.41, 5.74) is 2.71. The van der Waals surface area contributed by atoms with Gasteiger partial charge in [-0.1, -0.05) is 23.7 Å². The molecule has 1 saturated heterocycles. The van der Waals surface area contributed by atoms with Gasteiger partial charge in [0.2, 0.25) is 11.7 Å². The second-order valence-corrected chi connectivity index (χ2v) is 9.32. The van der Waals surface area contributed by atoms with Crippen LogP contribution in [0.4, 0.5) is 21.7 Å². The Hall–Kier alpha value is -2.75. The summed E-state index contributed by atoms with van der Waals surface area (Å²) in [5.74, 6) is 0.521. The molecule has 32 heavy (non-hydrogen) atoms. The lowest BCUT2D eigenvalue weighted by Gasteiger charge is -2.21. The number of methoxy groups -OCH3 is 1. The third kappa shape index (κ3) is 4.69. The molecule has 3 aromatic rings. The lowest BCUT2D eigenvalue weighted by molar-refractivity contribution is 0.402. The Morgan fingerprint density at radius 1 is 1.31 bits per heavy atom. The average molecular weight is 477 g/mol. The molecule has 0 saturated carbocycles. The van der Waals surface area contributed by atoms with Crippen molar-refractivity contribution in [2.75, 3.05) is 29.0 Å². The molecule has 10 heteroatoms. The highest BCUT2D eigenvalue weighted by molar-refractivity contribution is 7.93. The highest BCUT2D eigenvalue weighted by atomic mass is 35.5. The predicted octanol–water partition coefficient (Wildman–Crippen LogP) is 4.02. The Morgan fingerprint density at radius 3 is 2.81 bits per heavy atom. The predicted molar refractivity (Wildman–Crippen MR) is 125 cm³/mol. The maximum absolute atomic E-state index is 13.6. The quantitative estimate of drug-likeness (QED) is 0.541. The fourth-order valence-corrected chi connectivity index (χ4v) is 4.96. The number of nitrogens with zero attached hydrogens (tertiary/aromatic N) is 3. The lowest BCUT2D eigenvalue weighted by atomic mass is 10.1. The first-order valence-corrected chi connectivity index (χ1v) is 11.6. The highest BCUT2D eigenvalue weighted by Gasteiger charge is 2.27. The number of aryl methyl sites for hydroxylation is 1. The summed E-state index contributed by atoms with van der Waals surface area (Å²) in [6.45, 7) is 2.94. The molecule has 1 aromatic heterocycles. The van der Waals surface area contributed by atoms with E-state index in [9.17, 15) is 13.7 Å². The van der Waals surface area contributed by atoms with Crippen LogP contribution in [-0.4, -0.2) is 33.5 Å². The monoisotopic (exact) mass is 476 g/mol. The summed E-state index contributed by atoms with van der Waals surface area (Å²) in [6.07, 6.45) is 2.42. The average Bonchev–Trinajstić information content (AvgIpc) is 3.20. The van der Waals surface area contributed by atoms with Crippen molar-refractivity contribution in [3.8, 4) is 5.75 Å². The van der Waals surface area contributed by atoms with Gasteiger partial charge in [0.1, 0.15) is 11.6 Å². The van der Waals surface area contributed by atoms with Crippen LogP contribution >= 0.6 is 11.6 Å². The number of hydrogen-bond donors (Lipinski definition) is 1. The van der Waals surface area contributed by atoms with E-state index in [0.717, 1.165) is 35.5 Å². The lowest BCUT2D eigenvalue weighted by Crippen LogP contribution is -2.25. The molecule has 0 radical (unpaired) electrons. The van der Waals surface area contributed by atoms with Crippen molar-refractivity contribution in [3.05, 3.63) is 74.9 Å². The first kappa shape index (κ1) is 22.4. The van der Waals surface area contributed by atoms with Crippen molar-refractivity contribution in [2.45, 2.75) is 19.9 Å². The van der Waals surface area contributed by atoms with Gasteiger partial charge in [-0.05, 0) is 42.3 Å². The largest absolute Gasteiger partial charge is 0.593 e. The van der Waals surface area contributed by atoms with Gasteiger partial charge in [0.25, 0.3) is 0 Å². The summed E-state index contributed by atoms with van der Waals surface area (Å²) < 4.78 is 34.5. The Labute approximate surface area is 193 Å². The third-order valence-corrected chi connectivity index (χ3v) is 7.01. The molecule has 0 amide bonds. The number of benzene rings is 2. The Morgan fingerprint density at radius 2 is 2.12 bits per heavy atom. The van der Waals surface area contributed by atoms with Gasteiger partial charge in [0.05, 0.1) is 48.5 Å². The molecule has 1 unspecified atom stereocenters. The van der Waals surface area contributed by atoms with Crippen molar-refractivity contribution in [3.63, 3.8) is 0 Å². The SMILES string of the molecule is COc1cn(Cc2ccc(F)c(Cl)c2)c(Nc2cc(N3CCC[S+]3[O-])ccc2C)nc1=O. The molecule has 1 aliphatic rings. The summed E-state index contributed by atoms with van der Waals surface area (Å²) in [7, 11) is 1.40. The zero-order chi connectivity index (χ0) is 22.8. The first-order chi connectivity index (χ1) is 15.4. The van der Waals surface area contributed by atoms with Crippen LogP contribution in [0.2, 0.25) is 5.02 Å². The number of ether oxygens (including phenoxy) is 1. The van der Waals surface area contributed by atoms with E-state index in [0.29, 0.717) is 11.7 Å². The van der Waals surface area contributed by atoms with Gasteiger partial charge in [-0.3, -0.25) is 4.79 Å². The second kappa shape index (κ2) is 9.40. The molecule has 0 bridgehead atoms. The highest BCUT2D eigenvalue weighted by Crippen LogP contribution is 2.30. The second-order valence-electron chi connectivity index (χ2n) is 7.42. The zero-order valence-electron chi connectivity index (χ0n) is 17.6. The van der Waals surface area contributed by atoms with E-state index >= 15 is 0 Å². The van der Waals surface area contributed by atoms with Gasteiger partial charge >= 0.3 is 5.56 Å². The standard InChI is InChI=1S/C22H22ClFN4O3S/c1-14-4-6-16(28-8-3-9-32(28)30)11-19(14)25-22-26-21(29)20(31-2)13-27(22)12-15-5-7-18(24)17(23)10-15/h4-7,10-11,13H,3,8-9,12H2,1-2H3,(H,25,26,29). The first-order valence-electron chi connectivity index (χ1n) is 9.99. The normalized spacial score (nSPS) is 15.8. The van der Waals surface area contributed by atoms with Crippen LogP contribution in [0.15, 0.2) is 47.4 Å². The molecular weight excluding hydrogens is 455 g/mol. The minimum Gasteiger partial charge on any atom is -0.593 e. The van der Waals surface area contributed by atoms with Crippen molar-refractivity contribution in [1.82, 2.24) is 9.55 Å². The Balaban J connectivity index is 1.71. The number of anilines is 3. The van der Waals surface area contributed by atoms with Crippen LogP contribution in [0.3, 0.4) is 0 Å². The van der Waals surface area contributed by atoms with Crippen LogP contribution in [0.1, 0.15) is 17.5 Å². The van der Waals surface area contributed by atoms with Crippen LogP contribution < -0.4 is 19.9 Å². The molecule has 0 spiro atoms. The van der Waals surface area contributed by atoms with Gasteiger partial charge in [-0.2, -0.15) is 9.29 Å². The van der Waals surface area contributed by atoms with Crippen molar-refractivity contribution < 1.29 is 13.7 Å². The summed E-state index contributed by atoms with van der Waals surface area (Å²) in [6, 6.07) is 10.2. The number of nitrogens with one attached hydrogen (secondary N) is 1. The summed E-state index contributed by atoms with van der Waals surface area (Å²) in [4.78, 5) is 16.5. The minimum absolute atomic E-state index is 0.0140. The van der Waals surface area contributed by atoms with E-state index < -0.39 is 22.7 Å². The number of aromatic nitrogens is 2. The number of rotatable bonds is 6. The topological polar surface area (TPSA) is 82.4 Å². The molecule has 7 nitrogen and oxygen atoms in total. The van der Waals surface area contributed by atoms with E-state index in [2.05, 4.69) is 10.3 Å². The van der Waals surface area contributed by atoms with Gasteiger partial charge in [-0.15, -0.1) is 0 Å². The molecule has 1 N–H and O–H groups in total. The molecule has 168 valence electrons. The molecular formula is C22H22ClFN4O3S. The van der Waals surface area contributed by atoms with Gasteiger partial charge in [0.15, 0.2) is 0 Å². The number of halogens is 2. The molecule has 2 heterocycles. The minimum atomic E-state index is -1.04. The number of hydrogen-bond acceptors (Lipinski definition) is 6.